The second kappa shape index (κ2) is 28.9. The van der Waals surface area contributed by atoms with Gasteiger partial charge in [0, 0.05) is 61.5 Å². The van der Waals surface area contributed by atoms with Gasteiger partial charge in [0.15, 0.2) is 0 Å². The summed E-state index contributed by atoms with van der Waals surface area (Å²) in [4.78, 5) is 5.34. The highest BCUT2D eigenvalue weighted by atomic mass is 15.2. The van der Waals surface area contributed by atoms with Gasteiger partial charge >= 0.3 is 0 Å². The minimum atomic E-state index is -0.489. The largest absolute Gasteiger partial charge is 0.310 e. The van der Waals surface area contributed by atoms with E-state index >= 15 is 0 Å². The third-order valence-corrected chi connectivity index (χ3v) is 25.9. The summed E-state index contributed by atoms with van der Waals surface area (Å²) in [6.07, 6.45) is 0. The van der Waals surface area contributed by atoms with Crippen LogP contribution in [-0.2, 0) is 59.6 Å². The molecule has 3 nitrogen and oxygen atoms in total. The number of hydrogen-bond donors (Lipinski definition) is 0. The van der Waals surface area contributed by atoms with Gasteiger partial charge in [-0.25, -0.2) is 0 Å². The van der Waals surface area contributed by atoms with Crippen LogP contribution >= 0.6 is 0 Å². The van der Waals surface area contributed by atoms with Crippen molar-refractivity contribution in [2.75, 3.05) is 9.80 Å². The Kier molecular flexibility index (Phi) is 18.9. The van der Waals surface area contributed by atoms with Crippen molar-refractivity contribution < 1.29 is 6.85 Å². The molecule has 0 bridgehead atoms. The van der Waals surface area contributed by atoms with E-state index in [-0.39, 0.29) is 83.9 Å². The molecule has 12 aromatic carbocycles. The maximum absolute atomic E-state index is 9.92. The van der Waals surface area contributed by atoms with E-state index in [1.54, 1.807) is 0 Å². The minimum absolute atomic E-state index is 0.120. The Labute approximate surface area is 730 Å². The van der Waals surface area contributed by atoms with Gasteiger partial charge in [0.2, 0.25) is 0 Å². The Bertz CT molecular complexity index is 6360. The van der Waals surface area contributed by atoms with Crippen molar-refractivity contribution in [3.63, 3.8) is 0 Å². The molecule has 0 fully saturated rings. The fourth-order valence-corrected chi connectivity index (χ4v) is 17.9. The van der Waals surface area contributed by atoms with Gasteiger partial charge in [-0.3, -0.25) is 0 Å². The van der Waals surface area contributed by atoms with Crippen molar-refractivity contribution in [3.05, 3.63) is 286 Å². The quantitative estimate of drug-likeness (QED) is 0.141. The van der Waals surface area contributed by atoms with E-state index in [0.29, 0.717) is 5.56 Å². The van der Waals surface area contributed by atoms with Gasteiger partial charge in [-0.15, -0.1) is 0 Å². The maximum Gasteiger partial charge on any atom is 0.252 e. The fourth-order valence-electron chi connectivity index (χ4n) is 17.9. The molecule has 13 aromatic rings. The van der Waals surface area contributed by atoms with Gasteiger partial charge < -0.3 is 14.4 Å². The Morgan fingerprint density at radius 1 is 0.225 bits per heavy atom. The number of nitrogens with zero attached hydrogens (tertiary/aromatic N) is 3. The van der Waals surface area contributed by atoms with Gasteiger partial charge in [-0.1, -0.05) is 374 Å². The second-order valence-electron chi connectivity index (χ2n) is 46.7. The normalized spacial score (nSPS) is 14.6. The average molecular weight is 1590 g/mol. The molecule has 4 heteroatoms. The van der Waals surface area contributed by atoms with E-state index in [2.05, 4.69) is 431 Å². The summed E-state index contributed by atoms with van der Waals surface area (Å²) >= 11 is 0. The van der Waals surface area contributed by atoms with Crippen molar-refractivity contribution in [1.29, 1.82) is 0 Å². The minimum Gasteiger partial charge on any atom is -0.310 e. The predicted octanol–water partition coefficient (Wildman–Crippen LogP) is 31.5. The highest BCUT2D eigenvalue weighted by Gasteiger charge is 2.47. The molecule has 0 saturated heterocycles. The molecule has 120 heavy (non-hydrogen) atoms. The Balaban J connectivity index is 1.22. The monoisotopic (exact) mass is 1590 g/mol. The molecule has 1 aromatic heterocycles. The van der Waals surface area contributed by atoms with E-state index in [1.807, 2.05) is 6.07 Å². The fraction of sp³-hybridized carbons (Fsp3) is 0.379. The molecule has 3 heterocycles. The number of fused-ring (bicyclic) bond motifs is 7. The lowest BCUT2D eigenvalue weighted by Gasteiger charge is -2.47. The number of aromatic nitrogens is 1. The molecule has 2 aliphatic rings. The molecule has 0 radical (unpaired) electrons. The zero-order valence-corrected chi connectivity index (χ0v) is 78.9. The van der Waals surface area contributed by atoms with E-state index in [1.165, 1.54) is 66.4 Å². The highest BCUT2D eigenvalue weighted by molar-refractivity contribution is 7.00. The molecule has 0 amide bonds. The first-order chi connectivity index (χ1) is 57.5. The average Bonchev–Trinajstić information content (AvgIpc) is 0.727. The van der Waals surface area contributed by atoms with Crippen LogP contribution in [0.2, 0.25) is 0 Å². The number of rotatable bonds is 8. The van der Waals surface area contributed by atoms with E-state index in [9.17, 15) is 5.48 Å². The molecule has 15 rings (SSSR count). The van der Waals surface area contributed by atoms with Crippen LogP contribution in [0.25, 0.3) is 83.1 Å². The third kappa shape index (κ3) is 15.8. The summed E-state index contributed by atoms with van der Waals surface area (Å²) in [5, 5.41) is 2.42. The summed E-state index contributed by atoms with van der Waals surface area (Å²) in [5.41, 5.74) is 32.8. The molecular weight excluding hydrogens is 1450 g/mol. The second-order valence-corrected chi connectivity index (χ2v) is 46.7. The smallest absolute Gasteiger partial charge is 0.252 e. The summed E-state index contributed by atoms with van der Waals surface area (Å²) < 4.78 is 50.2. The molecular formula is C116H136BN3. The van der Waals surface area contributed by atoms with Crippen LogP contribution in [-0.4, -0.2) is 11.3 Å². The Morgan fingerprint density at radius 2 is 0.517 bits per heavy atom. The summed E-state index contributed by atoms with van der Waals surface area (Å²) in [7, 11) is 0. The molecule has 0 aliphatic carbocycles. The number of hydrogen-bond acceptors (Lipinski definition) is 2. The maximum atomic E-state index is 9.92. The topological polar surface area (TPSA) is 11.4 Å². The van der Waals surface area contributed by atoms with Gasteiger partial charge in [-0.2, -0.15) is 0 Å². The lowest BCUT2D eigenvalue weighted by atomic mass is 9.33. The standard InChI is InChI=1S/C116H136BN3/c1-106(2,3)77-44-39-72(40-45-77)89-64-85(114(25,26)27)66-91(75-55-81(110(13,14)15)60-82(56-75)111(16,17)18)104(89)119-99-59-74(71-37-35-34-36-38-71)43-51-95(99)117-96-52-50-88(118-97-53-48-79(108(7,8)9)62-93(97)94-63-80(109(10,11)12)49-54-98(94)118)70-100(96)120(102-69-87(116(31,32)33)68-101(119)103(102)117)105-90(73-41-46-78(47-42-73)107(4,5)6)65-86(115(28,29)30)67-92(105)76-57-83(112(19,20)21)61-84(58-76)113(22,23)24/h34-70H,1-33H3/i34D,35D,36D,37D,38D. The number of anilines is 6. The number of benzene rings is 12. The van der Waals surface area contributed by atoms with Gasteiger partial charge in [-0.05, 0) is 249 Å². The molecule has 0 saturated carbocycles. The summed E-state index contributed by atoms with van der Waals surface area (Å²) in [5.74, 6) is 0. The van der Waals surface area contributed by atoms with Gasteiger partial charge in [0.25, 0.3) is 6.71 Å². The van der Waals surface area contributed by atoms with E-state index in [4.69, 9.17) is 1.37 Å². The lowest BCUT2D eigenvalue weighted by molar-refractivity contribution is 0.568. The predicted molar refractivity (Wildman–Crippen MR) is 528 cm³/mol. The zero-order chi connectivity index (χ0) is 91.5. The van der Waals surface area contributed by atoms with Gasteiger partial charge in [0.05, 0.1) is 29.3 Å². The van der Waals surface area contributed by atoms with Crippen LogP contribution in [0, 0.1) is 0 Å². The van der Waals surface area contributed by atoms with E-state index < -0.39 is 18.2 Å². The van der Waals surface area contributed by atoms with E-state index in [0.717, 1.165) is 117 Å². The van der Waals surface area contributed by atoms with Crippen molar-refractivity contribution in [3.8, 4) is 61.3 Å². The molecule has 2 aliphatic heterocycles. The molecule has 0 unspecified atom stereocenters. The van der Waals surface area contributed by atoms with Crippen LogP contribution in [0.1, 0.15) is 297 Å². The highest BCUT2D eigenvalue weighted by Crippen LogP contribution is 2.57. The van der Waals surface area contributed by atoms with Crippen LogP contribution < -0.4 is 26.2 Å². The molecule has 0 N–H and O–H groups in total. The first-order valence-corrected chi connectivity index (χ1v) is 44.2. The summed E-state index contributed by atoms with van der Waals surface area (Å²) in [6, 6.07) is 75.4. The van der Waals surface area contributed by atoms with Crippen LogP contribution in [0.3, 0.4) is 0 Å². The first-order valence-electron chi connectivity index (χ1n) is 46.7. The van der Waals surface area contributed by atoms with Crippen molar-refractivity contribution in [2.24, 2.45) is 0 Å². The van der Waals surface area contributed by atoms with Crippen LogP contribution in [0.15, 0.2) is 224 Å². The summed E-state index contributed by atoms with van der Waals surface area (Å²) in [6.45, 7) is 76.6. The Morgan fingerprint density at radius 3 is 0.858 bits per heavy atom. The lowest BCUT2D eigenvalue weighted by Crippen LogP contribution is -2.61. The first kappa shape index (κ1) is 78.6. The van der Waals surface area contributed by atoms with Crippen molar-refractivity contribution >= 4 is 79.0 Å². The zero-order valence-electron chi connectivity index (χ0n) is 83.9. The Hall–Kier alpha value is -9.90. The molecule has 0 spiro atoms. The molecule has 618 valence electrons. The SMILES string of the molecule is [2H]c1c([2H])c([2H])c(-c2ccc3c(c2)N(c2c(-c4ccc(C(C)(C)C)cc4)cc(C(C)(C)C)cc2-c2cc(C(C)(C)C)cc(C(C)(C)C)c2)c2cc(C(C)(C)C)cc4c2B3c2ccc(-n3c5ccc(C(C)(C)C)cc5c5cc(C(C)(C)C)ccc53)cc2N4c2c(-c3ccc(C(C)(C)C)cc3)cc(C(C)(C)C)cc2-c2cc(C(C)(C)C)cc(C(C)(C)C)c2)c([2H])c1[2H]. The third-order valence-electron chi connectivity index (χ3n) is 25.9. The molecule has 0 atom stereocenters. The van der Waals surface area contributed by atoms with Crippen LogP contribution in [0.4, 0.5) is 34.1 Å². The van der Waals surface area contributed by atoms with Gasteiger partial charge in [0.1, 0.15) is 0 Å². The van der Waals surface area contributed by atoms with Crippen molar-refractivity contribution in [1.82, 2.24) is 4.57 Å². The van der Waals surface area contributed by atoms with Crippen molar-refractivity contribution in [2.45, 2.75) is 288 Å². The van der Waals surface area contributed by atoms with Crippen LogP contribution in [0.5, 0.6) is 0 Å².